The number of carbonyl (C=O) groups is 1. The Bertz CT molecular complexity index is 1080. The standard InChI is InChI=1S/C18H15ClF3N3O7/c1-8(17(26)30-2)11-6-10(7-12(16(23)24-27)15(11)32-25(28)29)31-14-4-3-9(5-13(14)19)18(20,21)22/h3-8,27H,1-2H3,(H2,23,24). The lowest BCUT2D eigenvalue weighted by atomic mass is 9.96. The Hall–Kier alpha value is -3.74. The molecule has 0 heterocycles. The molecule has 32 heavy (non-hydrogen) atoms. The second-order valence-corrected chi connectivity index (χ2v) is 6.59. The number of hydrogen-bond acceptors (Lipinski definition) is 8. The van der Waals surface area contributed by atoms with E-state index in [1.54, 1.807) is 0 Å². The van der Waals surface area contributed by atoms with Gasteiger partial charge in [-0.2, -0.15) is 13.2 Å². The number of amidine groups is 1. The minimum atomic E-state index is -4.63. The zero-order valence-electron chi connectivity index (χ0n) is 16.3. The van der Waals surface area contributed by atoms with Gasteiger partial charge in [0, 0.05) is 5.56 Å². The molecule has 0 spiro atoms. The van der Waals surface area contributed by atoms with Gasteiger partial charge in [-0.1, -0.05) is 16.8 Å². The van der Waals surface area contributed by atoms with Gasteiger partial charge in [0.15, 0.2) is 5.84 Å². The van der Waals surface area contributed by atoms with Crippen LogP contribution < -0.4 is 15.3 Å². The van der Waals surface area contributed by atoms with Crippen LogP contribution in [0.2, 0.25) is 5.02 Å². The van der Waals surface area contributed by atoms with Crippen molar-refractivity contribution in [2.75, 3.05) is 7.11 Å². The van der Waals surface area contributed by atoms with E-state index in [4.69, 9.17) is 27.3 Å². The monoisotopic (exact) mass is 477 g/mol. The molecule has 2 aromatic carbocycles. The second-order valence-electron chi connectivity index (χ2n) is 6.18. The fourth-order valence-corrected chi connectivity index (χ4v) is 2.83. The molecule has 1 unspecified atom stereocenters. The highest BCUT2D eigenvalue weighted by Gasteiger charge is 2.31. The molecule has 0 bridgehead atoms. The largest absolute Gasteiger partial charge is 0.469 e. The maximum atomic E-state index is 12.8. The van der Waals surface area contributed by atoms with E-state index in [9.17, 15) is 28.1 Å². The van der Waals surface area contributed by atoms with Crippen molar-refractivity contribution in [1.29, 1.82) is 0 Å². The van der Waals surface area contributed by atoms with Crippen molar-refractivity contribution < 1.29 is 42.6 Å². The first-order valence-corrected chi connectivity index (χ1v) is 8.87. The Morgan fingerprint density at radius 1 is 1.31 bits per heavy atom. The van der Waals surface area contributed by atoms with Crippen molar-refractivity contribution in [2.45, 2.75) is 19.0 Å². The first kappa shape index (κ1) is 24.5. The summed E-state index contributed by atoms with van der Waals surface area (Å²) in [7, 11) is 1.08. The molecular weight excluding hydrogens is 463 g/mol. The summed E-state index contributed by atoms with van der Waals surface area (Å²) in [4.78, 5) is 27.5. The maximum absolute atomic E-state index is 12.8. The third kappa shape index (κ3) is 5.49. The van der Waals surface area contributed by atoms with E-state index in [0.29, 0.717) is 6.07 Å². The number of rotatable bonds is 7. The number of alkyl halides is 3. The first-order chi connectivity index (χ1) is 14.9. The van der Waals surface area contributed by atoms with E-state index >= 15 is 0 Å². The van der Waals surface area contributed by atoms with Crippen molar-refractivity contribution in [3.8, 4) is 17.2 Å². The second kappa shape index (κ2) is 9.60. The number of ether oxygens (including phenoxy) is 2. The normalized spacial score (nSPS) is 12.8. The molecule has 2 rings (SSSR count). The van der Waals surface area contributed by atoms with Gasteiger partial charge in [0.2, 0.25) is 0 Å². The van der Waals surface area contributed by atoms with Gasteiger partial charge in [-0.15, -0.1) is 10.1 Å². The molecule has 0 fully saturated rings. The number of nitrogens with two attached hydrogens (primary N) is 1. The fraction of sp³-hybridized carbons (Fsp3) is 0.222. The summed E-state index contributed by atoms with van der Waals surface area (Å²) in [5.41, 5.74) is 4.09. The highest BCUT2D eigenvalue weighted by Crippen LogP contribution is 2.40. The van der Waals surface area contributed by atoms with Crippen LogP contribution in [0.25, 0.3) is 0 Å². The predicted octanol–water partition coefficient (Wildman–Crippen LogP) is 4.09. The van der Waals surface area contributed by atoms with Crippen molar-refractivity contribution in [3.63, 3.8) is 0 Å². The Balaban J connectivity index is 2.66. The quantitative estimate of drug-likeness (QED) is 0.151. The third-order valence-corrected chi connectivity index (χ3v) is 4.44. The molecule has 0 amide bonds. The van der Waals surface area contributed by atoms with Crippen LogP contribution in [0.1, 0.15) is 29.5 Å². The summed E-state index contributed by atoms with van der Waals surface area (Å²) in [5, 5.41) is 21.2. The van der Waals surface area contributed by atoms with Gasteiger partial charge in [-0.25, -0.2) is 0 Å². The van der Waals surface area contributed by atoms with Crippen LogP contribution in [0.4, 0.5) is 13.2 Å². The molecule has 0 saturated heterocycles. The summed E-state index contributed by atoms with van der Waals surface area (Å²) in [6.45, 7) is 1.33. The SMILES string of the molecule is COC(=O)C(C)c1cc(Oc2ccc(C(F)(F)F)cc2Cl)cc(C(N)=NO)c1O[N+](=O)[O-]. The van der Waals surface area contributed by atoms with Crippen LogP contribution in [0.15, 0.2) is 35.5 Å². The summed E-state index contributed by atoms with van der Waals surface area (Å²) >= 11 is 5.89. The lowest BCUT2D eigenvalue weighted by Gasteiger charge is -2.19. The molecule has 0 aromatic heterocycles. The third-order valence-electron chi connectivity index (χ3n) is 4.15. The topological polar surface area (TPSA) is 147 Å². The number of nitrogens with zero attached hydrogens (tertiary/aromatic N) is 2. The van der Waals surface area contributed by atoms with E-state index in [-0.39, 0.29) is 22.6 Å². The highest BCUT2D eigenvalue weighted by atomic mass is 35.5. The minimum absolute atomic E-state index is 0.143. The maximum Gasteiger partial charge on any atom is 0.416 e. The number of oxime groups is 1. The summed E-state index contributed by atoms with van der Waals surface area (Å²) in [6, 6.07) is 4.52. The van der Waals surface area contributed by atoms with Crippen molar-refractivity contribution >= 4 is 23.4 Å². The minimum Gasteiger partial charge on any atom is -0.469 e. The van der Waals surface area contributed by atoms with Crippen molar-refractivity contribution in [1.82, 2.24) is 0 Å². The van der Waals surface area contributed by atoms with Crippen LogP contribution in [0.3, 0.4) is 0 Å². The van der Waals surface area contributed by atoms with E-state index in [0.717, 1.165) is 31.4 Å². The van der Waals surface area contributed by atoms with Gasteiger partial charge in [-0.05, 0) is 37.3 Å². The highest BCUT2D eigenvalue weighted by molar-refractivity contribution is 6.32. The fourth-order valence-electron chi connectivity index (χ4n) is 2.62. The van der Waals surface area contributed by atoms with Crippen LogP contribution in [0, 0.1) is 10.1 Å². The lowest BCUT2D eigenvalue weighted by Crippen LogP contribution is -2.20. The van der Waals surface area contributed by atoms with Crippen LogP contribution in [-0.2, 0) is 15.7 Å². The Morgan fingerprint density at radius 3 is 2.47 bits per heavy atom. The lowest BCUT2D eigenvalue weighted by molar-refractivity contribution is -0.711. The molecule has 14 heteroatoms. The molecule has 1 atom stereocenters. The molecule has 10 nitrogen and oxygen atoms in total. The van der Waals surface area contributed by atoms with Gasteiger partial charge in [-0.3, -0.25) is 9.63 Å². The average molecular weight is 478 g/mol. The molecule has 172 valence electrons. The smallest absolute Gasteiger partial charge is 0.416 e. The summed E-state index contributed by atoms with van der Waals surface area (Å²) in [6.07, 6.45) is -4.63. The molecule has 2 aromatic rings. The van der Waals surface area contributed by atoms with Gasteiger partial charge < -0.3 is 20.4 Å². The van der Waals surface area contributed by atoms with Crippen molar-refractivity contribution in [3.05, 3.63) is 62.2 Å². The number of methoxy groups -OCH3 is 1. The van der Waals surface area contributed by atoms with E-state index in [1.165, 1.54) is 6.92 Å². The van der Waals surface area contributed by atoms with Crippen LogP contribution in [-0.4, -0.2) is 29.2 Å². The van der Waals surface area contributed by atoms with Crippen molar-refractivity contribution in [2.24, 2.45) is 10.9 Å². The van der Waals surface area contributed by atoms with E-state index in [1.807, 2.05) is 0 Å². The molecule has 3 N–H and O–H groups in total. The molecule has 0 saturated carbocycles. The van der Waals surface area contributed by atoms with Crippen LogP contribution >= 0.6 is 11.6 Å². The number of halogens is 4. The molecule has 0 aliphatic rings. The van der Waals surface area contributed by atoms with Gasteiger partial charge >= 0.3 is 12.1 Å². The molecule has 0 aliphatic carbocycles. The van der Waals surface area contributed by atoms with Gasteiger partial charge in [0.05, 0.1) is 29.2 Å². The van der Waals surface area contributed by atoms with E-state index in [2.05, 4.69) is 14.7 Å². The number of hydrogen-bond donors (Lipinski definition) is 2. The average Bonchev–Trinajstić information content (AvgIpc) is 2.73. The Morgan fingerprint density at radius 2 is 1.97 bits per heavy atom. The Labute approximate surface area is 183 Å². The summed E-state index contributed by atoms with van der Waals surface area (Å²) < 4.78 is 48.7. The predicted molar refractivity (Wildman–Crippen MR) is 104 cm³/mol. The van der Waals surface area contributed by atoms with E-state index < -0.39 is 45.3 Å². The number of esters is 1. The zero-order chi connectivity index (χ0) is 24.2. The molecule has 0 aliphatic heterocycles. The first-order valence-electron chi connectivity index (χ1n) is 8.49. The zero-order valence-corrected chi connectivity index (χ0v) is 17.1. The van der Waals surface area contributed by atoms with Gasteiger partial charge in [0.1, 0.15) is 17.2 Å². The number of carbonyl (C=O) groups excluding carboxylic acids is 1. The molecular formula is C18H15ClF3N3O7. The Kier molecular flexibility index (Phi) is 7.36. The van der Waals surface area contributed by atoms with Crippen LogP contribution in [0.5, 0.6) is 17.2 Å². The van der Waals surface area contributed by atoms with Gasteiger partial charge in [0.25, 0.3) is 5.09 Å². The number of benzene rings is 2. The summed E-state index contributed by atoms with van der Waals surface area (Å²) in [5.74, 6) is -3.49. The molecule has 0 radical (unpaired) electrons.